The minimum atomic E-state index is -0.364. The number of nitrogens with zero attached hydrogens (tertiary/aromatic N) is 3. The molecule has 0 aliphatic heterocycles. The Hall–Kier alpha value is -3.71. The summed E-state index contributed by atoms with van der Waals surface area (Å²) in [7, 11) is 0. The van der Waals surface area contributed by atoms with E-state index in [-0.39, 0.29) is 28.5 Å². The zero-order valence-corrected chi connectivity index (χ0v) is 18.9. The summed E-state index contributed by atoms with van der Waals surface area (Å²) in [5.41, 5.74) is 3.01. The minimum absolute atomic E-state index is 0.163. The first kappa shape index (κ1) is 22.5. The third-order valence-electron chi connectivity index (χ3n) is 5.12. The molecule has 0 aliphatic rings. The molecule has 1 N–H and O–H groups in total. The Balaban J connectivity index is 1.47. The van der Waals surface area contributed by atoms with Gasteiger partial charge < -0.3 is 10.1 Å². The standard InChI is InChI=1S/C25H22ClFN4O2/c1-16(18-6-5-8-22(14-18)33-15-20-7-3-4-13-28-20)29-25(32)23-17(2)30-31(24(23)26)21-11-9-19(27)10-12-21/h3-14,16H,15H2,1-2H3,(H,29,32). The molecule has 2 aromatic carbocycles. The molecule has 0 spiro atoms. The van der Waals surface area contributed by atoms with E-state index < -0.39 is 0 Å². The average molecular weight is 465 g/mol. The monoisotopic (exact) mass is 464 g/mol. The van der Waals surface area contributed by atoms with Crippen molar-refractivity contribution < 1.29 is 13.9 Å². The molecule has 2 heterocycles. The van der Waals surface area contributed by atoms with E-state index in [4.69, 9.17) is 16.3 Å². The fourth-order valence-electron chi connectivity index (χ4n) is 3.38. The van der Waals surface area contributed by atoms with Crippen LogP contribution in [0.15, 0.2) is 72.9 Å². The molecule has 4 rings (SSSR count). The van der Waals surface area contributed by atoms with Crippen molar-refractivity contribution >= 4 is 17.5 Å². The first-order chi connectivity index (χ1) is 15.9. The van der Waals surface area contributed by atoms with Gasteiger partial charge in [-0.25, -0.2) is 9.07 Å². The van der Waals surface area contributed by atoms with Crippen LogP contribution in [0.1, 0.15) is 40.3 Å². The SMILES string of the molecule is Cc1nn(-c2ccc(F)cc2)c(Cl)c1C(=O)NC(C)c1cccc(OCc2ccccn2)c1. The summed E-state index contributed by atoms with van der Waals surface area (Å²) in [5.74, 6) is -0.0347. The maximum atomic E-state index is 13.2. The smallest absolute Gasteiger partial charge is 0.256 e. The van der Waals surface area contributed by atoms with E-state index in [1.807, 2.05) is 49.4 Å². The molecule has 0 bridgehead atoms. The van der Waals surface area contributed by atoms with Gasteiger partial charge in [0.15, 0.2) is 0 Å². The molecule has 1 unspecified atom stereocenters. The van der Waals surface area contributed by atoms with Gasteiger partial charge in [-0.3, -0.25) is 9.78 Å². The molecule has 0 fully saturated rings. The molecule has 0 saturated carbocycles. The predicted octanol–water partition coefficient (Wildman–Crippen LogP) is 5.44. The molecule has 0 saturated heterocycles. The number of hydrogen-bond donors (Lipinski definition) is 1. The fourth-order valence-corrected chi connectivity index (χ4v) is 3.73. The lowest BCUT2D eigenvalue weighted by Crippen LogP contribution is -2.27. The number of carbonyl (C=O) groups is 1. The summed E-state index contributed by atoms with van der Waals surface area (Å²) in [4.78, 5) is 17.3. The van der Waals surface area contributed by atoms with E-state index in [0.717, 1.165) is 11.3 Å². The lowest BCUT2D eigenvalue weighted by Gasteiger charge is -2.16. The van der Waals surface area contributed by atoms with E-state index in [1.165, 1.54) is 16.8 Å². The lowest BCUT2D eigenvalue weighted by molar-refractivity contribution is 0.0939. The van der Waals surface area contributed by atoms with Crippen molar-refractivity contribution in [2.24, 2.45) is 0 Å². The van der Waals surface area contributed by atoms with Crippen LogP contribution < -0.4 is 10.1 Å². The van der Waals surface area contributed by atoms with Crippen LogP contribution in [0.3, 0.4) is 0 Å². The van der Waals surface area contributed by atoms with Crippen LogP contribution >= 0.6 is 11.6 Å². The maximum absolute atomic E-state index is 13.2. The van der Waals surface area contributed by atoms with Gasteiger partial charge in [-0.1, -0.05) is 29.8 Å². The molecule has 4 aromatic rings. The van der Waals surface area contributed by atoms with Gasteiger partial charge in [0.25, 0.3) is 5.91 Å². The number of ether oxygens (including phenoxy) is 1. The Morgan fingerprint density at radius 3 is 2.67 bits per heavy atom. The highest BCUT2D eigenvalue weighted by molar-refractivity contribution is 6.33. The van der Waals surface area contributed by atoms with Gasteiger partial charge in [0.2, 0.25) is 0 Å². The molecule has 2 aromatic heterocycles. The van der Waals surface area contributed by atoms with E-state index >= 15 is 0 Å². The number of halogens is 2. The van der Waals surface area contributed by atoms with Gasteiger partial charge in [0.05, 0.1) is 28.7 Å². The topological polar surface area (TPSA) is 69.0 Å². The van der Waals surface area contributed by atoms with Gasteiger partial charge in [0.1, 0.15) is 23.3 Å². The Morgan fingerprint density at radius 1 is 1.15 bits per heavy atom. The van der Waals surface area contributed by atoms with E-state index in [2.05, 4.69) is 15.4 Å². The van der Waals surface area contributed by atoms with Crippen molar-refractivity contribution in [3.05, 3.63) is 106 Å². The Morgan fingerprint density at radius 2 is 1.94 bits per heavy atom. The Labute approximate surface area is 196 Å². The zero-order chi connectivity index (χ0) is 23.4. The summed E-state index contributed by atoms with van der Waals surface area (Å²) in [6, 6.07) is 18.6. The number of aryl methyl sites for hydroxylation is 1. The normalized spacial score (nSPS) is 11.8. The van der Waals surface area contributed by atoms with Crippen LogP contribution in [0.4, 0.5) is 4.39 Å². The molecule has 8 heteroatoms. The van der Waals surface area contributed by atoms with Gasteiger partial charge in [-0.05, 0) is 67.9 Å². The minimum Gasteiger partial charge on any atom is -0.487 e. The van der Waals surface area contributed by atoms with E-state index in [9.17, 15) is 9.18 Å². The summed E-state index contributed by atoms with van der Waals surface area (Å²) < 4.78 is 20.5. The number of pyridine rings is 1. The first-order valence-electron chi connectivity index (χ1n) is 10.4. The van der Waals surface area contributed by atoms with Crippen LogP contribution in [0, 0.1) is 12.7 Å². The van der Waals surface area contributed by atoms with Crippen molar-refractivity contribution in [3.8, 4) is 11.4 Å². The number of rotatable bonds is 7. The quantitative estimate of drug-likeness (QED) is 0.395. The van der Waals surface area contributed by atoms with Crippen LogP contribution in [-0.2, 0) is 6.61 Å². The number of hydrogen-bond acceptors (Lipinski definition) is 4. The summed E-state index contributed by atoms with van der Waals surface area (Å²) >= 11 is 6.47. The van der Waals surface area contributed by atoms with Crippen LogP contribution in [0.5, 0.6) is 5.75 Å². The van der Waals surface area contributed by atoms with Gasteiger partial charge in [-0.2, -0.15) is 5.10 Å². The summed E-state index contributed by atoms with van der Waals surface area (Å²) in [6.45, 7) is 3.93. The maximum Gasteiger partial charge on any atom is 0.256 e. The van der Waals surface area contributed by atoms with Crippen molar-refractivity contribution in [1.29, 1.82) is 0 Å². The molecule has 0 aliphatic carbocycles. The lowest BCUT2D eigenvalue weighted by atomic mass is 10.1. The molecule has 33 heavy (non-hydrogen) atoms. The molecular weight excluding hydrogens is 443 g/mol. The largest absolute Gasteiger partial charge is 0.487 e. The molecular formula is C25H22ClFN4O2. The number of nitrogens with one attached hydrogen (secondary N) is 1. The molecule has 168 valence electrons. The second-order valence-electron chi connectivity index (χ2n) is 7.52. The number of benzene rings is 2. The summed E-state index contributed by atoms with van der Waals surface area (Å²) in [5, 5.41) is 7.48. The van der Waals surface area contributed by atoms with Crippen molar-refractivity contribution in [3.63, 3.8) is 0 Å². The highest BCUT2D eigenvalue weighted by atomic mass is 35.5. The number of carbonyl (C=O) groups excluding carboxylic acids is 1. The average Bonchev–Trinajstić information content (AvgIpc) is 3.13. The second kappa shape index (κ2) is 9.83. The van der Waals surface area contributed by atoms with Gasteiger partial charge >= 0.3 is 0 Å². The summed E-state index contributed by atoms with van der Waals surface area (Å²) in [6.07, 6.45) is 1.72. The van der Waals surface area contributed by atoms with Crippen LogP contribution in [0.25, 0.3) is 5.69 Å². The highest BCUT2D eigenvalue weighted by Crippen LogP contribution is 2.25. The number of aromatic nitrogens is 3. The third-order valence-corrected chi connectivity index (χ3v) is 5.47. The second-order valence-corrected chi connectivity index (χ2v) is 7.87. The van der Waals surface area contributed by atoms with Crippen LogP contribution in [0.2, 0.25) is 5.15 Å². The Kier molecular flexibility index (Phi) is 6.70. The zero-order valence-electron chi connectivity index (χ0n) is 18.1. The van der Waals surface area contributed by atoms with Crippen molar-refractivity contribution in [2.75, 3.05) is 0 Å². The first-order valence-corrected chi connectivity index (χ1v) is 10.7. The van der Waals surface area contributed by atoms with Crippen molar-refractivity contribution in [2.45, 2.75) is 26.5 Å². The van der Waals surface area contributed by atoms with Gasteiger partial charge in [-0.15, -0.1) is 0 Å². The highest BCUT2D eigenvalue weighted by Gasteiger charge is 2.23. The Bertz CT molecular complexity index is 1260. The molecule has 1 atom stereocenters. The fraction of sp³-hybridized carbons (Fsp3) is 0.160. The van der Waals surface area contributed by atoms with Crippen molar-refractivity contribution in [1.82, 2.24) is 20.1 Å². The predicted molar refractivity (Wildman–Crippen MR) is 124 cm³/mol. The molecule has 0 radical (unpaired) electrons. The molecule has 1 amide bonds. The number of amides is 1. The van der Waals surface area contributed by atoms with Crippen LogP contribution in [-0.4, -0.2) is 20.7 Å². The van der Waals surface area contributed by atoms with E-state index in [0.29, 0.717) is 23.7 Å². The third kappa shape index (κ3) is 5.21. The molecule has 6 nitrogen and oxygen atoms in total. The van der Waals surface area contributed by atoms with Gasteiger partial charge in [0, 0.05) is 6.20 Å². The van der Waals surface area contributed by atoms with E-state index in [1.54, 1.807) is 25.3 Å².